The molecule has 1 aromatic carbocycles. The topological polar surface area (TPSA) is 37.8 Å². The average Bonchev–Trinajstić information content (AvgIpc) is 2.93. The number of rotatable bonds is 4. The van der Waals surface area contributed by atoms with Gasteiger partial charge in [0.25, 0.3) is 0 Å². The Labute approximate surface area is 120 Å². The molecule has 0 atom stereocenters. The van der Waals surface area contributed by atoms with Crippen molar-refractivity contribution < 1.29 is 0 Å². The van der Waals surface area contributed by atoms with Crippen molar-refractivity contribution in [3.8, 4) is 0 Å². The van der Waals surface area contributed by atoms with Crippen LogP contribution in [-0.4, -0.2) is 9.97 Å². The van der Waals surface area contributed by atoms with E-state index < -0.39 is 0 Å². The SMILES string of the molecule is CC(C)c1nc(CCc2ccccc2)nc2c1CNC2. The van der Waals surface area contributed by atoms with E-state index in [0.29, 0.717) is 5.92 Å². The molecule has 0 aliphatic carbocycles. The van der Waals surface area contributed by atoms with Crippen LogP contribution in [0.25, 0.3) is 0 Å². The van der Waals surface area contributed by atoms with Gasteiger partial charge in [-0.1, -0.05) is 44.2 Å². The summed E-state index contributed by atoms with van der Waals surface area (Å²) in [7, 11) is 0. The van der Waals surface area contributed by atoms with Crippen molar-refractivity contribution in [1.82, 2.24) is 15.3 Å². The highest BCUT2D eigenvalue weighted by Crippen LogP contribution is 2.23. The fourth-order valence-corrected chi connectivity index (χ4v) is 2.74. The van der Waals surface area contributed by atoms with Gasteiger partial charge in [0.1, 0.15) is 5.82 Å². The van der Waals surface area contributed by atoms with Crippen LogP contribution in [0.3, 0.4) is 0 Å². The summed E-state index contributed by atoms with van der Waals surface area (Å²) in [6, 6.07) is 10.6. The molecule has 1 aromatic heterocycles. The second-order valence-electron chi connectivity index (χ2n) is 5.69. The molecular weight excluding hydrogens is 246 g/mol. The Morgan fingerprint density at radius 3 is 2.60 bits per heavy atom. The standard InChI is InChI=1S/C17H21N3/c1-12(2)17-14-10-18-11-15(14)19-16(20-17)9-8-13-6-4-3-5-7-13/h3-7,12,18H,8-11H2,1-2H3. The van der Waals surface area contributed by atoms with Gasteiger partial charge in [0.2, 0.25) is 0 Å². The first-order valence-corrected chi connectivity index (χ1v) is 7.37. The van der Waals surface area contributed by atoms with Crippen molar-refractivity contribution >= 4 is 0 Å². The zero-order valence-electron chi connectivity index (χ0n) is 12.2. The molecule has 0 unspecified atom stereocenters. The predicted octanol–water partition coefficient (Wildman–Crippen LogP) is 2.99. The van der Waals surface area contributed by atoms with Gasteiger partial charge >= 0.3 is 0 Å². The van der Waals surface area contributed by atoms with Crippen molar-refractivity contribution in [1.29, 1.82) is 0 Å². The van der Waals surface area contributed by atoms with Crippen molar-refractivity contribution in [2.75, 3.05) is 0 Å². The van der Waals surface area contributed by atoms with Crippen LogP contribution < -0.4 is 5.32 Å². The van der Waals surface area contributed by atoms with Gasteiger partial charge in [-0.05, 0) is 17.9 Å². The Morgan fingerprint density at radius 1 is 1.05 bits per heavy atom. The Hall–Kier alpha value is -1.74. The molecule has 2 aromatic rings. The van der Waals surface area contributed by atoms with Crippen LogP contribution in [-0.2, 0) is 25.9 Å². The molecule has 0 radical (unpaired) electrons. The number of benzene rings is 1. The molecule has 1 N–H and O–H groups in total. The van der Waals surface area contributed by atoms with Gasteiger partial charge in [0.15, 0.2) is 0 Å². The van der Waals surface area contributed by atoms with Crippen LogP contribution >= 0.6 is 0 Å². The number of aryl methyl sites for hydroxylation is 2. The molecule has 0 fully saturated rings. The molecule has 0 spiro atoms. The third-order valence-corrected chi connectivity index (χ3v) is 3.79. The third kappa shape index (κ3) is 2.73. The zero-order valence-corrected chi connectivity index (χ0v) is 12.2. The van der Waals surface area contributed by atoms with Crippen LogP contribution in [0.4, 0.5) is 0 Å². The highest BCUT2D eigenvalue weighted by atomic mass is 15.0. The summed E-state index contributed by atoms with van der Waals surface area (Å²) in [5, 5.41) is 3.38. The van der Waals surface area contributed by atoms with Gasteiger partial charge in [0.05, 0.1) is 11.4 Å². The summed E-state index contributed by atoms with van der Waals surface area (Å²) in [5.41, 5.74) is 5.10. The van der Waals surface area contributed by atoms with E-state index in [1.165, 1.54) is 22.5 Å². The van der Waals surface area contributed by atoms with Crippen LogP contribution in [0, 0.1) is 0 Å². The maximum atomic E-state index is 4.81. The molecule has 3 nitrogen and oxygen atoms in total. The third-order valence-electron chi connectivity index (χ3n) is 3.79. The highest BCUT2D eigenvalue weighted by Gasteiger charge is 2.20. The summed E-state index contributed by atoms with van der Waals surface area (Å²) in [4.78, 5) is 9.55. The molecule has 20 heavy (non-hydrogen) atoms. The Bertz CT molecular complexity index is 591. The van der Waals surface area contributed by atoms with Gasteiger partial charge in [-0.15, -0.1) is 0 Å². The molecule has 3 rings (SSSR count). The smallest absolute Gasteiger partial charge is 0.129 e. The zero-order chi connectivity index (χ0) is 13.9. The van der Waals surface area contributed by atoms with Gasteiger partial charge in [0, 0.05) is 25.1 Å². The summed E-state index contributed by atoms with van der Waals surface area (Å²) in [6.07, 6.45) is 1.92. The Balaban J connectivity index is 1.82. The lowest BCUT2D eigenvalue weighted by atomic mass is 10.0. The minimum Gasteiger partial charge on any atom is -0.307 e. The maximum Gasteiger partial charge on any atom is 0.129 e. The number of hydrogen-bond acceptors (Lipinski definition) is 3. The minimum atomic E-state index is 0.460. The lowest BCUT2D eigenvalue weighted by molar-refractivity contribution is 0.743. The highest BCUT2D eigenvalue weighted by molar-refractivity contribution is 5.31. The molecule has 3 heteroatoms. The van der Waals surface area contributed by atoms with Crippen molar-refractivity contribution in [3.63, 3.8) is 0 Å². The first kappa shape index (κ1) is 13.3. The summed E-state index contributed by atoms with van der Waals surface area (Å²) >= 11 is 0. The average molecular weight is 267 g/mol. The van der Waals surface area contributed by atoms with Crippen molar-refractivity contribution in [3.05, 3.63) is 58.7 Å². The lowest BCUT2D eigenvalue weighted by Gasteiger charge is -2.12. The molecule has 0 bridgehead atoms. The normalized spacial score (nSPS) is 13.8. The Morgan fingerprint density at radius 2 is 1.85 bits per heavy atom. The van der Waals surface area contributed by atoms with Gasteiger partial charge in [-0.25, -0.2) is 9.97 Å². The largest absolute Gasteiger partial charge is 0.307 e. The van der Waals surface area contributed by atoms with E-state index in [1.54, 1.807) is 0 Å². The van der Waals surface area contributed by atoms with E-state index >= 15 is 0 Å². The lowest BCUT2D eigenvalue weighted by Crippen LogP contribution is -2.08. The van der Waals surface area contributed by atoms with Crippen LogP contribution in [0.1, 0.15) is 48.1 Å². The first-order chi connectivity index (χ1) is 9.74. The van der Waals surface area contributed by atoms with Crippen LogP contribution in [0.5, 0.6) is 0 Å². The molecule has 1 aliphatic rings. The van der Waals surface area contributed by atoms with Crippen molar-refractivity contribution in [2.24, 2.45) is 0 Å². The maximum absolute atomic E-state index is 4.81. The van der Waals surface area contributed by atoms with E-state index in [-0.39, 0.29) is 0 Å². The number of nitrogens with one attached hydrogen (secondary N) is 1. The minimum absolute atomic E-state index is 0.460. The number of nitrogens with zero attached hydrogens (tertiary/aromatic N) is 2. The van der Waals surface area contributed by atoms with E-state index in [1.807, 2.05) is 0 Å². The van der Waals surface area contributed by atoms with Gasteiger partial charge in [-0.2, -0.15) is 0 Å². The number of aromatic nitrogens is 2. The van der Waals surface area contributed by atoms with E-state index in [0.717, 1.165) is 31.8 Å². The van der Waals surface area contributed by atoms with E-state index in [9.17, 15) is 0 Å². The predicted molar refractivity (Wildman–Crippen MR) is 80.5 cm³/mol. The molecule has 1 aliphatic heterocycles. The fraction of sp³-hybridized carbons (Fsp3) is 0.412. The summed E-state index contributed by atoms with van der Waals surface area (Å²) in [5.74, 6) is 1.45. The molecule has 104 valence electrons. The number of hydrogen-bond donors (Lipinski definition) is 1. The van der Waals surface area contributed by atoms with Crippen LogP contribution in [0.2, 0.25) is 0 Å². The Kier molecular flexibility index (Phi) is 3.79. The van der Waals surface area contributed by atoms with Gasteiger partial charge < -0.3 is 5.32 Å². The van der Waals surface area contributed by atoms with Crippen molar-refractivity contribution in [2.45, 2.75) is 45.7 Å². The van der Waals surface area contributed by atoms with Gasteiger partial charge in [-0.3, -0.25) is 0 Å². The van der Waals surface area contributed by atoms with E-state index in [2.05, 4.69) is 49.5 Å². The second kappa shape index (κ2) is 5.71. The first-order valence-electron chi connectivity index (χ1n) is 7.37. The molecule has 0 amide bonds. The quantitative estimate of drug-likeness (QED) is 0.925. The number of fused-ring (bicyclic) bond motifs is 1. The van der Waals surface area contributed by atoms with Crippen LogP contribution in [0.15, 0.2) is 30.3 Å². The fourth-order valence-electron chi connectivity index (χ4n) is 2.74. The molecule has 0 saturated carbocycles. The van der Waals surface area contributed by atoms with E-state index in [4.69, 9.17) is 9.97 Å². The summed E-state index contributed by atoms with van der Waals surface area (Å²) < 4.78 is 0. The molecular formula is C17H21N3. The summed E-state index contributed by atoms with van der Waals surface area (Å²) in [6.45, 7) is 6.22. The second-order valence-corrected chi connectivity index (χ2v) is 5.69. The molecule has 0 saturated heterocycles. The monoisotopic (exact) mass is 267 g/mol. The molecule has 2 heterocycles.